The molecule has 0 atom stereocenters. The van der Waals surface area contributed by atoms with Crippen LogP contribution in [0.2, 0.25) is 0 Å². The molecule has 0 aromatic heterocycles. The van der Waals surface area contributed by atoms with Crippen molar-refractivity contribution in [2.75, 3.05) is 13.1 Å². The molecule has 18 heavy (non-hydrogen) atoms. The van der Waals surface area contributed by atoms with Crippen LogP contribution in [0.1, 0.15) is 32.3 Å². The minimum atomic E-state index is 0.981. The van der Waals surface area contributed by atoms with Gasteiger partial charge in [0.2, 0.25) is 0 Å². The fraction of sp³-hybridized carbons (Fsp3) is 0.412. The van der Waals surface area contributed by atoms with Gasteiger partial charge in [0.1, 0.15) is 0 Å². The molecule has 0 aliphatic rings. The monoisotopic (exact) mass is 243 g/mol. The normalized spacial score (nSPS) is 11.3. The van der Waals surface area contributed by atoms with Crippen molar-refractivity contribution in [2.24, 2.45) is 0 Å². The summed E-state index contributed by atoms with van der Waals surface area (Å²) in [5.41, 5.74) is 2.60. The van der Waals surface area contributed by atoms with Gasteiger partial charge in [-0.2, -0.15) is 0 Å². The van der Waals surface area contributed by atoms with Gasteiger partial charge in [0, 0.05) is 19.6 Å². The molecule has 0 saturated carbocycles. The van der Waals surface area contributed by atoms with E-state index in [1.165, 1.54) is 11.1 Å². The highest BCUT2D eigenvalue weighted by Gasteiger charge is 2.04. The summed E-state index contributed by atoms with van der Waals surface area (Å²) in [4.78, 5) is 2.46. The summed E-state index contributed by atoms with van der Waals surface area (Å²) in [6, 6.07) is 10.6. The van der Waals surface area contributed by atoms with Crippen LogP contribution in [0, 0.1) is 0 Å². The summed E-state index contributed by atoms with van der Waals surface area (Å²) >= 11 is 0. The molecular formula is C17H25N. The highest BCUT2D eigenvalue weighted by molar-refractivity contribution is 5.14. The van der Waals surface area contributed by atoms with E-state index in [0.717, 1.165) is 32.5 Å². The smallest absolute Gasteiger partial charge is 0.0237 e. The standard InChI is InChI=1S/C17H25N/c1-4-5-6-10-13-18(14-16(2)3)15-17-11-8-7-9-12-17/h5-9,11-12H,2,4,10,13-15H2,1,3H3/b6-5+. The molecule has 0 spiro atoms. The number of rotatable bonds is 8. The second-order valence-electron chi connectivity index (χ2n) is 4.82. The average Bonchev–Trinajstić information content (AvgIpc) is 2.35. The Bertz CT molecular complexity index is 364. The zero-order valence-electron chi connectivity index (χ0n) is 11.7. The second-order valence-corrected chi connectivity index (χ2v) is 4.82. The summed E-state index contributed by atoms with van der Waals surface area (Å²) in [6.45, 7) is 11.4. The largest absolute Gasteiger partial charge is 0.295 e. The molecule has 1 rings (SSSR count). The molecule has 1 nitrogen and oxygen atoms in total. The van der Waals surface area contributed by atoms with Gasteiger partial charge >= 0.3 is 0 Å². The van der Waals surface area contributed by atoms with Crippen molar-refractivity contribution in [1.29, 1.82) is 0 Å². The van der Waals surface area contributed by atoms with Crippen molar-refractivity contribution in [3.63, 3.8) is 0 Å². The zero-order valence-corrected chi connectivity index (χ0v) is 11.7. The van der Waals surface area contributed by atoms with Crippen molar-refractivity contribution in [2.45, 2.75) is 33.2 Å². The van der Waals surface area contributed by atoms with E-state index < -0.39 is 0 Å². The Morgan fingerprint density at radius 3 is 2.56 bits per heavy atom. The summed E-state index contributed by atoms with van der Waals surface area (Å²) in [5, 5.41) is 0. The Hall–Kier alpha value is -1.34. The van der Waals surface area contributed by atoms with Gasteiger partial charge in [0.25, 0.3) is 0 Å². The van der Waals surface area contributed by atoms with E-state index in [-0.39, 0.29) is 0 Å². The summed E-state index contributed by atoms with van der Waals surface area (Å²) in [5.74, 6) is 0. The Morgan fingerprint density at radius 2 is 1.94 bits per heavy atom. The van der Waals surface area contributed by atoms with Gasteiger partial charge in [0.15, 0.2) is 0 Å². The van der Waals surface area contributed by atoms with Crippen molar-refractivity contribution < 1.29 is 0 Å². The lowest BCUT2D eigenvalue weighted by Gasteiger charge is -2.22. The molecule has 0 saturated heterocycles. The maximum atomic E-state index is 4.02. The maximum Gasteiger partial charge on any atom is 0.0237 e. The lowest BCUT2D eigenvalue weighted by Crippen LogP contribution is -2.25. The third kappa shape index (κ3) is 6.41. The van der Waals surface area contributed by atoms with Gasteiger partial charge in [0.05, 0.1) is 0 Å². The Labute approximate surface area is 112 Å². The molecule has 0 N–H and O–H groups in total. The van der Waals surface area contributed by atoms with Crippen LogP contribution in [0.4, 0.5) is 0 Å². The average molecular weight is 243 g/mol. The van der Waals surface area contributed by atoms with Gasteiger partial charge in [-0.25, -0.2) is 0 Å². The molecule has 1 heteroatoms. The van der Waals surface area contributed by atoms with Gasteiger partial charge in [-0.15, -0.1) is 0 Å². The molecule has 0 amide bonds. The van der Waals surface area contributed by atoms with Crippen molar-refractivity contribution in [3.8, 4) is 0 Å². The van der Waals surface area contributed by atoms with E-state index in [0.29, 0.717) is 0 Å². The fourth-order valence-corrected chi connectivity index (χ4v) is 1.98. The van der Waals surface area contributed by atoms with Crippen molar-refractivity contribution >= 4 is 0 Å². The summed E-state index contributed by atoms with van der Waals surface area (Å²) < 4.78 is 0. The first kappa shape index (κ1) is 14.7. The van der Waals surface area contributed by atoms with Gasteiger partial charge in [-0.3, -0.25) is 4.90 Å². The first-order chi connectivity index (χ1) is 8.72. The SMILES string of the molecule is C=C(C)CN(CC/C=C/CC)Cc1ccccc1. The molecule has 0 unspecified atom stereocenters. The highest BCUT2D eigenvalue weighted by atomic mass is 15.1. The topological polar surface area (TPSA) is 3.24 Å². The van der Waals surface area contributed by atoms with E-state index in [1.54, 1.807) is 0 Å². The first-order valence-electron chi connectivity index (χ1n) is 6.78. The molecule has 98 valence electrons. The van der Waals surface area contributed by atoms with E-state index in [4.69, 9.17) is 0 Å². The van der Waals surface area contributed by atoms with Crippen LogP contribution < -0.4 is 0 Å². The van der Waals surface area contributed by atoms with Crippen LogP contribution in [0.25, 0.3) is 0 Å². The molecule has 0 aliphatic heterocycles. The minimum absolute atomic E-state index is 0.981. The fourth-order valence-electron chi connectivity index (χ4n) is 1.98. The first-order valence-corrected chi connectivity index (χ1v) is 6.78. The lowest BCUT2D eigenvalue weighted by atomic mass is 10.2. The van der Waals surface area contributed by atoms with Crippen molar-refractivity contribution in [1.82, 2.24) is 4.90 Å². The van der Waals surface area contributed by atoms with E-state index >= 15 is 0 Å². The van der Waals surface area contributed by atoms with Crippen LogP contribution >= 0.6 is 0 Å². The Kier molecular flexibility index (Phi) is 7.12. The number of hydrogen-bond donors (Lipinski definition) is 0. The van der Waals surface area contributed by atoms with Crippen molar-refractivity contribution in [3.05, 3.63) is 60.2 Å². The van der Waals surface area contributed by atoms with Gasteiger partial charge in [-0.05, 0) is 25.3 Å². The molecule has 1 aromatic rings. The minimum Gasteiger partial charge on any atom is -0.295 e. The summed E-state index contributed by atoms with van der Waals surface area (Å²) in [6.07, 6.45) is 6.75. The molecular weight excluding hydrogens is 218 g/mol. The Balaban J connectivity index is 2.50. The third-order valence-electron chi connectivity index (χ3n) is 2.76. The van der Waals surface area contributed by atoms with Crippen LogP contribution in [0.15, 0.2) is 54.6 Å². The number of benzene rings is 1. The molecule has 0 fully saturated rings. The lowest BCUT2D eigenvalue weighted by molar-refractivity contribution is 0.294. The van der Waals surface area contributed by atoms with Crippen LogP contribution in [-0.4, -0.2) is 18.0 Å². The summed E-state index contributed by atoms with van der Waals surface area (Å²) in [7, 11) is 0. The second kappa shape index (κ2) is 8.71. The van der Waals surface area contributed by atoms with Crippen LogP contribution in [-0.2, 0) is 6.54 Å². The number of hydrogen-bond acceptors (Lipinski definition) is 1. The van der Waals surface area contributed by atoms with E-state index in [2.05, 4.69) is 67.8 Å². The Morgan fingerprint density at radius 1 is 1.22 bits per heavy atom. The van der Waals surface area contributed by atoms with Crippen LogP contribution in [0.5, 0.6) is 0 Å². The molecule has 0 aliphatic carbocycles. The number of nitrogens with zero attached hydrogens (tertiary/aromatic N) is 1. The molecule has 0 radical (unpaired) electrons. The molecule has 0 bridgehead atoms. The quantitative estimate of drug-likeness (QED) is 0.611. The third-order valence-corrected chi connectivity index (χ3v) is 2.76. The van der Waals surface area contributed by atoms with Crippen LogP contribution in [0.3, 0.4) is 0 Å². The number of allylic oxidation sites excluding steroid dienone is 1. The predicted octanol–water partition coefficient (Wildman–Crippen LogP) is 4.42. The zero-order chi connectivity index (χ0) is 13.2. The maximum absolute atomic E-state index is 4.02. The molecule has 1 aromatic carbocycles. The van der Waals surface area contributed by atoms with Gasteiger partial charge in [-0.1, -0.05) is 61.6 Å². The molecule has 0 heterocycles. The predicted molar refractivity (Wildman–Crippen MR) is 80.6 cm³/mol. The van der Waals surface area contributed by atoms with Gasteiger partial charge < -0.3 is 0 Å². The highest BCUT2D eigenvalue weighted by Crippen LogP contribution is 2.07. The van der Waals surface area contributed by atoms with E-state index in [9.17, 15) is 0 Å². The van der Waals surface area contributed by atoms with E-state index in [1.807, 2.05) is 0 Å².